The highest BCUT2D eigenvalue weighted by atomic mass is 16.5. The summed E-state index contributed by atoms with van der Waals surface area (Å²) in [5.74, 6) is -0.330. The molecule has 1 saturated heterocycles. The molecular weight excluding hydrogens is 887 g/mol. The largest absolute Gasteiger partial charge is 0.491 e. The summed E-state index contributed by atoms with van der Waals surface area (Å²) in [5, 5.41) is 37.2. The van der Waals surface area contributed by atoms with E-state index in [4.69, 9.17) is 16.2 Å². The SMILES string of the molecule is CC(C)(C)NCC(O)COc1cccc2c1C[C@H](O)[C@H](O)C2.CCCC(C)C1(CC)C(=O)NC(=O)NC1=O.Cn1c(=O)c2[nH]cnc2n(C)c1=O.Cn1c(=O)c2[nH]cnc2n(C)c1=O.NCCN. The molecule has 1 aliphatic heterocycles. The second-order valence-electron chi connectivity index (χ2n) is 17.5. The summed E-state index contributed by atoms with van der Waals surface area (Å²) in [6, 6.07) is 4.93. The summed E-state index contributed by atoms with van der Waals surface area (Å²) in [5.41, 5.74) is 10.6. The lowest BCUT2D eigenvalue weighted by Gasteiger charge is -2.37. The number of aryl methyl sites for hydroxylation is 2. The summed E-state index contributed by atoms with van der Waals surface area (Å²) in [4.78, 5) is 93.6. The number of aliphatic hydroxyl groups is 3. The van der Waals surface area contributed by atoms with Crippen molar-refractivity contribution in [2.24, 2.45) is 51.0 Å². The van der Waals surface area contributed by atoms with Crippen LogP contribution in [0.1, 0.15) is 71.9 Å². The van der Waals surface area contributed by atoms with Gasteiger partial charge in [-0.25, -0.2) is 24.4 Å². The molecule has 1 fully saturated rings. The fourth-order valence-corrected chi connectivity index (χ4v) is 7.44. The number of carbonyl (C=O) groups excluding carboxylic acids is 3. The number of rotatable bonds is 10. The normalized spacial score (nSPS) is 17.1. The predicted octanol–water partition coefficient (Wildman–Crippen LogP) is -1.36. The number of imidazole rings is 2. The zero-order chi connectivity index (χ0) is 51.3. The Kier molecular flexibility index (Phi) is 20.3. The van der Waals surface area contributed by atoms with Crippen LogP contribution in [-0.4, -0.2) is 121 Å². The van der Waals surface area contributed by atoms with Crippen LogP contribution in [-0.2, 0) is 50.6 Å². The van der Waals surface area contributed by atoms with Crippen LogP contribution in [0.25, 0.3) is 22.3 Å². The lowest BCUT2D eigenvalue weighted by atomic mass is 9.70. The van der Waals surface area contributed by atoms with E-state index in [1.165, 1.54) is 35.9 Å². The van der Waals surface area contributed by atoms with E-state index in [0.29, 0.717) is 67.0 Å². The number of H-pyrrole nitrogens is 2. The van der Waals surface area contributed by atoms with Gasteiger partial charge >= 0.3 is 17.4 Å². The maximum absolute atomic E-state index is 11.9. The molecular formula is C44H69N13O11. The number of hydrogen-bond donors (Lipinski definition) is 10. The Hall–Kier alpha value is -6.31. The number of benzene rings is 1. The van der Waals surface area contributed by atoms with Crippen molar-refractivity contribution in [2.75, 3.05) is 26.2 Å². The topological polar surface area (TPSA) is 355 Å². The molecule has 24 nitrogen and oxygen atoms in total. The molecule has 24 heteroatoms. The molecule has 4 atom stereocenters. The molecule has 376 valence electrons. The number of carbonyl (C=O) groups is 3. The molecule has 2 aliphatic rings. The number of aromatic amines is 2. The third-order valence-electron chi connectivity index (χ3n) is 11.4. The molecule has 5 heterocycles. The molecule has 7 rings (SSSR count). The lowest BCUT2D eigenvalue weighted by molar-refractivity contribution is -0.148. The molecule has 5 aromatic rings. The van der Waals surface area contributed by atoms with Crippen molar-refractivity contribution >= 4 is 40.2 Å². The highest BCUT2D eigenvalue weighted by Crippen LogP contribution is 2.36. The summed E-state index contributed by atoms with van der Waals surface area (Å²) in [6.45, 7) is 13.6. The van der Waals surface area contributed by atoms with Gasteiger partial charge in [0.05, 0.1) is 24.9 Å². The Morgan fingerprint density at radius 1 is 0.809 bits per heavy atom. The Labute approximate surface area is 392 Å². The number of nitrogens with zero attached hydrogens (tertiary/aromatic N) is 6. The highest BCUT2D eigenvalue weighted by Gasteiger charge is 2.52. The Balaban J connectivity index is 0.000000239. The van der Waals surface area contributed by atoms with Gasteiger partial charge in [0.15, 0.2) is 11.3 Å². The van der Waals surface area contributed by atoms with Gasteiger partial charge in [0.25, 0.3) is 11.1 Å². The molecule has 4 aromatic heterocycles. The van der Waals surface area contributed by atoms with Gasteiger partial charge in [0.2, 0.25) is 11.8 Å². The first kappa shape index (κ1) is 56.0. The molecule has 1 aliphatic carbocycles. The summed E-state index contributed by atoms with van der Waals surface area (Å²) < 4.78 is 10.5. The van der Waals surface area contributed by atoms with Crippen molar-refractivity contribution in [2.45, 2.75) is 97.5 Å². The van der Waals surface area contributed by atoms with Crippen LogP contribution in [0.15, 0.2) is 50.0 Å². The molecule has 0 spiro atoms. The first-order valence-corrected chi connectivity index (χ1v) is 22.2. The number of aliphatic hydroxyl groups excluding tert-OH is 3. The number of imide groups is 2. The number of nitrogens with two attached hydrogens (primary N) is 2. The number of amides is 4. The third-order valence-corrected chi connectivity index (χ3v) is 11.4. The minimum Gasteiger partial charge on any atom is -0.491 e. The molecule has 2 unspecified atom stereocenters. The third kappa shape index (κ3) is 13.4. The monoisotopic (exact) mass is 956 g/mol. The van der Waals surface area contributed by atoms with E-state index >= 15 is 0 Å². The maximum atomic E-state index is 11.9. The smallest absolute Gasteiger partial charge is 0.332 e. The fourth-order valence-electron chi connectivity index (χ4n) is 7.44. The van der Waals surface area contributed by atoms with Crippen LogP contribution < -0.4 is 54.7 Å². The zero-order valence-electron chi connectivity index (χ0n) is 40.5. The first-order chi connectivity index (χ1) is 31.9. The number of urea groups is 1. The van der Waals surface area contributed by atoms with Crippen molar-refractivity contribution in [3.05, 3.63) is 83.7 Å². The number of fused-ring (bicyclic) bond motifs is 3. The van der Waals surface area contributed by atoms with Gasteiger partial charge in [0.1, 0.15) is 34.9 Å². The van der Waals surface area contributed by atoms with E-state index in [9.17, 15) is 48.9 Å². The number of aromatic nitrogens is 8. The predicted molar refractivity (Wildman–Crippen MR) is 255 cm³/mol. The quantitative estimate of drug-likeness (QED) is 0.0723. The first-order valence-electron chi connectivity index (χ1n) is 22.2. The van der Waals surface area contributed by atoms with Crippen molar-refractivity contribution in [3.8, 4) is 5.75 Å². The number of barbiturate groups is 1. The van der Waals surface area contributed by atoms with Crippen molar-refractivity contribution in [1.82, 2.24) is 54.2 Å². The molecule has 1 aromatic carbocycles. The van der Waals surface area contributed by atoms with Crippen LogP contribution >= 0.6 is 0 Å². The van der Waals surface area contributed by atoms with Crippen LogP contribution in [0.5, 0.6) is 5.75 Å². The number of hydrogen-bond acceptors (Lipinski definition) is 16. The van der Waals surface area contributed by atoms with Crippen LogP contribution in [0.2, 0.25) is 0 Å². The molecule has 0 bridgehead atoms. The maximum Gasteiger partial charge on any atom is 0.332 e. The second kappa shape index (κ2) is 24.6. The van der Waals surface area contributed by atoms with E-state index in [1.54, 1.807) is 21.0 Å². The van der Waals surface area contributed by atoms with Crippen LogP contribution in [0, 0.1) is 11.3 Å². The zero-order valence-corrected chi connectivity index (χ0v) is 40.5. The van der Waals surface area contributed by atoms with E-state index in [0.717, 1.165) is 33.1 Å². The Bertz CT molecular complexity index is 2620. The summed E-state index contributed by atoms with van der Waals surface area (Å²) >= 11 is 0. The molecule has 68 heavy (non-hydrogen) atoms. The van der Waals surface area contributed by atoms with E-state index in [2.05, 4.69) is 35.9 Å². The average molecular weight is 956 g/mol. The standard InChI is InChI=1S/C17H27NO4.C11H18N2O3.2C7H8N4O2.C2H8N2/c1-17(2,3)18-9-12(19)10-22-16-6-4-5-11-7-14(20)15(21)8-13(11)16;1-4-6-7(3)11(5-2)8(14)12-10(16)13-9(11)15;2*1-10-5-4(8-3-9-5)6(12)11(2)7(10)13;3-1-2-4/h4-6,12,14-15,18-21H,7-10H2,1-3H3;7H,4-6H2,1-3H3,(H2,12,13,14,15,16);2*3H,1-2H3,(H,8,9);1-4H2/t12?,14-,15+;;;;/m1..../s1. The van der Waals surface area contributed by atoms with Crippen molar-refractivity contribution in [3.63, 3.8) is 0 Å². The van der Waals surface area contributed by atoms with Gasteiger partial charge in [-0.2, -0.15) is 0 Å². The fraction of sp³-hybridized carbons (Fsp3) is 0.568. The van der Waals surface area contributed by atoms with Gasteiger partial charge in [-0.1, -0.05) is 39.3 Å². The van der Waals surface area contributed by atoms with Gasteiger partial charge < -0.3 is 46.8 Å². The number of nitrogens with one attached hydrogen (secondary N) is 5. The van der Waals surface area contributed by atoms with E-state index in [-0.39, 0.29) is 40.6 Å². The van der Waals surface area contributed by atoms with Crippen LogP contribution in [0.3, 0.4) is 0 Å². The van der Waals surface area contributed by atoms with Gasteiger partial charge in [-0.05, 0) is 51.2 Å². The lowest BCUT2D eigenvalue weighted by Crippen LogP contribution is -2.64. The van der Waals surface area contributed by atoms with Gasteiger partial charge in [-0.3, -0.25) is 48.1 Å². The summed E-state index contributed by atoms with van der Waals surface area (Å²) in [6.07, 6.45) is 3.60. The molecule has 12 N–H and O–H groups in total. The molecule has 0 radical (unpaired) electrons. The summed E-state index contributed by atoms with van der Waals surface area (Å²) in [7, 11) is 6.02. The van der Waals surface area contributed by atoms with Crippen molar-refractivity contribution < 1.29 is 34.4 Å². The van der Waals surface area contributed by atoms with Crippen LogP contribution in [0.4, 0.5) is 4.79 Å². The molecule has 0 saturated carbocycles. The van der Waals surface area contributed by atoms with E-state index in [1.807, 2.05) is 52.8 Å². The Morgan fingerprint density at radius 2 is 1.29 bits per heavy atom. The van der Waals surface area contributed by atoms with Gasteiger partial charge in [0, 0.05) is 71.8 Å². The highest BCUT2D eigenvalue weighted by molar-refractivity contribution is 6.19. The minimum absolute atomic E-state index is 0.0485. The second-order valence-corrected chi connectivity index (χ2v) is 17.5. The Morgan fingerprint density at radius 3 is 1.74 bits per heavy atom. The van der Waals surface area contributed by atoms with Crippen molar-refractivity contribution in [1.29, 1.82) is 0 Å². The van der Waals surface area contributed by atoms with E-state index < -0.39 is 41.6 Å². The molecule has 4 amide bonds. The van der Waals surface area contributed by atoms with Gasteiger partial charge in [-0.15, -0.1) is 0 Å². The minimum atomic E-state index is -1.09. The average Bonchev–Trinajstić information content (AvgIpc) is 4.00. The number of β-amino-alcohol motifs (C(OH)–C–C–N with tert-alkyl or cyclic N) is 1. The number of ether oxygens (including phenoxy) is 1.